The number of hydrogen-bond donors (Lipinski definition) is 1. The van der Waals surface area contributed by atoms with Crippen molar-refractivity contribution < 1.29 is 14.3 Å². The number of amides is 1. The first kappa shape index (κ1) is 24.2. The molecule has 2 aromatic heterocycles. The number of hydrogen-bond acceptors (Lipinski definition) is 6. The number of carbonyl (C=O) groups excluding carboxylic acids is 1. The number of halogens is 1. The molecule has 0 aliphatic heterocycles. The maximum absolute atomic E-state index is 11.8. The summed E-state index contributed by atoms with van der Waals surface area (Å²) in [6, 6.07) is 7.81. The molecule has 3 aromatic rings. The van der Waals surface area contributed by atoms with Crippen molar-refractivity contribution in [3.05, 3.63) is 83.6 Å². The fraction of sp³-hybridized carbons (Fsp3) is 0.240. The highest BCUT2D eigenvalue weighted by Gasteiger charge is 2.14. The number of nitrogens with one attached hydrogen (secondary N) is 1. The number of pyridine rings is 2. The van der Waals surface area contributed by atoms with Gasteiger partial charge in [0, 0.05) is 55.1 Å². The lowest BCUT2D eigenvalue weighted by atomic mass is 10.1. The summed E-state index contributed by atoms with van der Waals surface area (Å²) in [5, 5.41) is 4.19. The molecule has 1 aromatic carbocycles. The summed E-state index contributed by atoms with van der Waals surface area (Å²) in [6.07, 6.45) is 8.87. The molecule has 0 aliphatic carbocycles. The van der Waals surface area contributed by atoms with Crippen molar-refractivity contribution >= 4 is 34.1 Å². The molecule has 0 bridgehead atoms. The van der Waals surface area contributed by atoms with Gasteiger partial charge in [-0.2, -0.15) is 0 Å². The number of aryl methyl sites for hydroxylation is 1. The number of anilines is 1. The van der Waals surface area contributed by atoms with Crippen molar-refractivity contribution in [1.29, 1.82) is 0 Å². The first-order valence-corrected chi connectivity index (χ1v) is 10.8. The van der Waals surface area contributed by atoms with Crippen molar-refractivity contribution in [2.24, 2.45) is 0 Å². The number of allylic oxidation sites excluding steroid dienone is 1. The number of carbonyl (C=O) groups is 1. The van der Waals surface area contributed by atoms with Gasteiger partial charge in [-0.25, -0.2) is 4.98 Å². The summed E-state index contributed by atoms with van der Waals surface area (Å²) in [7, 11) is 1.47. The van der Waals surface area contributed by atoms with Crippen LogP contribution < -0.4 is 15.0 Å². The number of methoxy groups -OCH3 is 1. The van der Waals surface area contributed by atoms with Gasteiger partial charge >= 0.3 is 0 Å². The first-order valence-electron chi connectivity index (χ1n) is 10.4. The minimum absolute atomic E-state index is 0.0157. The van der Waals surface area contributed by atoms with E-state index in [0.717, 1.165) is 33.4 Å². The van der Waals surface area contributed by atoms with E-state index in [-0.39, 0.29) is 25.7 Å². The molecule has 0 unspecified atom stereocenters. The van der Waals surface area contributed by atoms with E-state index in [2.05, 4.69) is 16.9 Å². The molecule has 0 aliphatic rings. The summed E-state index contributed by atoms with van der Waals surface area (Å²) in [4.78, 5) is 22.6. The minimum Gasteiger partial charge on any atom is -0.487 e. The van der Waals surface area contributed by atoms with E-state index >= 15 is 0 Å². The van der Waals surface area contributed by atoms with Crippen molar-refractivity contribution in [1.82, 2.24) is 15.3 Å². The van der Waals surface area contributed by atoms with E-state index in [1.54, 1.807) is 18.6 Å². The Morgan fingerprint density at radius 3 is 2.88 bits per heavy atom. The van der Waals surface area contributed by atoms with Gasteiger partial charge in [-0.15, -0.1) is 0 Å². The van der Waals surface area contributed by atoms with Crippen LogP contribution in [0.3, 0.4) is 0 Å². The number of rotatable bonds is 10. The van der Waals surface area contributed by atoms with Gasteiger partial charge in [-0.3, -0.25) is 9.78 Å². The van der Waals surface area contributed by atoms with E-state index in [1.165, 1.54) is 7.11 Å². The van der Waals surface area contributed by atoms with Crippen LogP contribution in [0.15, 0.2) is 61.7 Å². The second kappa shape index (κ2) is 11.4. The molecule has 2 heterocycles. The molecule has 3 rings (SSSR count). The zero-order valence-electron chi connectivity index (χ0n) is 19.0. The highest BCUT2D eigenvalue weighted by molar-refractivity contribution is 6.31. The predicted octanol–water partition coefficient (Wildman–Crippen LogP) is 4.92. The molecule has 172 valence electrons. The quantitative estimate of drug-likeness (QED) is 0.457. The molecular weight excluding hydrogens is 440 g/mol. The summed E-state index contributed by atoms with van der Waals surface area (Å²) in [6.45, 7) is 8.26. The van der Waals surface area contributed by atoms with E-state index in [9.17, 15) is 4.79 Å². The first-order chi connectivity index (χ1) is 16.0. The molecule has 0 fully saturated rings. The van der Waals surface area contributed by atoms with E-state index < -0.39 is 0 Å². The normalized spacial score (nSPS) is 11.0. The summed E-state index contributed by atoms with van der Waals surface area (Å²) in [5.74, 6) is 0.405. The molecule has 7 nitrogen and oxygen atoms in total. The Morgan fingerprint density at radius 2 is 2.15 bits per heavy atom. The molecule has 0 saturated carbocycles. The van der Waals surface area contributed by atoms with Crippen LogP contribution in [0.4, 0.5) is 5.69 Å². The SMILES string of the molecule is C=CN(/C=C\C)c1cc(C)nc2c(OCc3c(Cl)cncc3CNC(=O)COC)cccc12. The number of para-hydroxylation sites is 1. The largest absolute Gasteiger partial charge is 0.487 e. The number of ether oxygens (including phenoxy) is 2. The highest BCUT2D eigenvalue weighted by Crippen LogP contribution is 2.33. The second-order valence-corrected chi connectivity index (χ2v) is 7.67. The lowest BCUT2D eigenvalue weighted by Crippen LogP contribution is -2.27. The molecule has 8 heteroatoms. The number of fused-ring (bicyclic) bond motifs is 1. The van der Waals surface area contributed by atoms with Gasteiger partial charge in [0.25, 0.3) is 0 Å². The zero-order valence-corrected chi connectivity index (χ0v) is 19.7. The Hall–Kier alpha value is -3.42. The van der Waals surface area contributed by atoms with Crippen LogP contribution in [0.5, 0.6) is 5.75 Å². The molecular formula is C25H27ClN4O3. The summed E-state index contributed by atoms with van der Waals surface area (Å²) in [5.41, 5.74) is 4.07. The molecule has 33 heavy (non-hydrogen) atoms. The predicted molar refractivity (Wildman–Crippen MR) is 131 cm³/mol. The lowest BCUT2D eigenvalue weighted by molar-refractivity contribution is -0.124. The van der Waals surface area contributed by atoms with E-state index in [0.29, 0.717) is 10.8 Å². The van der Waals surface area contributed by atoms with Gasteiger partial charge in [-0.05, 0) is 31.5 Å². The van der Waals surface area contributed by atoms with E-state index in [1.807, 2.05) is 55.3 Å². The highest BCUT2D eigenvalue weighted by atomic mass is 35.5. The second-order valence-electron chi connectivity index (χ2n) is 7.26. The van der Waals surface area contributed by atoms with Gasteiger partial charge in [-0.1, -0.05) is 36.4 Å². The van der Waals surface area contributed by atoms with Crippen LogP contribution in [-0.2, 0) is 22.7 Å². The molecule has 0 radical (unpaired) electrons. The maximum Gasteiger partial charge on any atom is 0.246 e. The Morgan fingerprint density at radius 1 is 1.33 bits per heavy atom. The number of nitrogens with zero attached hydrogens (tertiary/aromatic N) is 3. The van der Waals surface area contributed by atoms with Crippen LogP contribution in [-0.4, -0.2) is 29.6 Å². The van der Waals surface area contributed by atoms with Crippen LogP contribution in [0, 0.1) is 6.92 Å². The van der Waals surface area contributed by atoms with Gasteiger partial charge in [0.1, 0.15) is 24.5 Å². The van der Waals surface area contributed by atoms with Crippen molar-refractivity contribution in [3.8, 4) is 5.75 Å². The van der Waals surface area contributed by atoms with Gasteiger partial charge in [0.2, 0.25) is 5.91 Å². The molecule has 0 spiro atoms. The van der Waals surface area contributed by atoms with Crippen LogP contribution in [0.25, 0.3) is 10.9 Å². The number of aromatic nitrogens is 2. The Bertz CT molecular complexity index is 1180. The average Bonchev–Trinajstić information content (AvgIpc) is 2.80. The Labute approximate surface area is 198 Å². The van der Waals surface area contributed by atoms with Gasteiger partial charge in [0.15, 0.2) is 0 Å². The summed E-state index contributed by atoms with van der Waals surface area (Å²) >= 11 is 6.42. The molecule has 1 amide bonds. The minimum atomic E-state index is -0.224. The third kappa shape index (κ3) is 5.88. The number of benzene rings is 1. The van der Waals surface area contributed by atoms with Crippen molar-refractivity contribution in [3.63, 3.8) is 0 Å². The fourth-order valence-electron chi connectivity index (χ4n) is 3.40. The zero-order chi connectivity index (χ0) is 23.8. The van der Waals surface area contributed by atoms with E-state index in [4.69, 9.17) is 26.1 Å². The van der Waals surface area contributed by atoms with Crippen molar-refractivity contribution in [2.75, 3.05) is 18.6 Å². The smallest absolute Gasteiger partial charge is 0.246 e. The summed E-state index contributed by atoms with van der Waals surface area (Å²) < 4.78 is 11.0. The lowest BCUT2D eigenvalue weighted by Gasteiger charge is -2.19. The average molecular weight is 467 g/mol. The maximum atomic E-state index is 11.8. The standard InChI is InChI=1S/C25H27ClN4O3/c1-5-10-30(6-2)22-11-17(3)29-25-19(22)8-7-9-23(25)33-15-20-18(12-27-14-21(20)26)13-28-24(31)16-32-4/h5-12,14H,2,13,15-16H2,1,3-4H3,(H,28,31)/b10-5-. The van der Waals surface area contributed by atoms with Gasteiger partial charge in [0.05, 0.1) is 10.7 Å². The third-order valence-electron chi connectivity index (χ3n) is 4.91. The van der Waals surface area contributed by atoms with Gasteiger partial charge < -0.3 is 19.7 Å². The topological polar surface area (TPSA) is 76.6 Å². The Balaban J connectivity index is 1.92. The van der Waals surface area contributed by atoms with Crippen LogP contribution in [0.1, 0.15) is 23.7 Å². The Kier molecular flexibility index (Phi) is 8.40. The monoisotopic (exact) mass is 466 g/mol. The molecule has 0 atom stereocenters. The fourth-order valence-corrected chi connectivity index (χ4v) is 3.63. The molecule has 1 N–H and O–H groups in total. The van der Waals surface area contributed by atoms with Crippen LogP contribution >= 0.6 is 11.6 Å². The van der Waals surface area contributed by atoms with Crippen molar-refractivity contribution in [2.45, 2.75) is 27.0 Å². The van der Waals surface area contributed by atoms with Crippen LogP contribution in [0.2, 0.25) is 5.02 Å². The third-order valence-corrected chi connectivity index (χ3v) is 5.24. The molecule has 0 saturated heterocycles.